The first-order valence-electron chi connectivity index (χ1n) is 4.67. The molecule has 15 heavy (non-hydrogen) atoms. The number of nitrogens with zero attached hydrogens (tertiary/aromatic N) is 1. The molecule has 0 radical (unpaired) electrons. The Bertz CT molecular complexity index is 535. The Hall–Kier alpha value is -0.740. The van der Waals surface area contributed by atoms with E-state index in [0.29, 0.717) is 5.75 Å². The molecule has 4 heteroatoms. The maximum absolute atomic E-state index is 5.36. The number of hydrogen-bond donors (Lipinski definition) is 1. The van der Waals surface area contributed by atoms with Crippen LogP contribution < -0.4 is 0 Å². The average molecular weight is 282 g/mol. The third-order valence-corrected chi connectivity index (χ3v) is 3.78. The summed E-state index contributed by atoms with van der Waals surface area (Å²) in [6, 6.07) is 6.14. The number of hydrogen-bond acceptors (Lipinski definition) is 3. The van der Waals surface area contributed by atoms with Gasteiger partial charge in [-0.1, -0.05) is 33.2 Å². The number of rotatable bonds is 1. The van der Waals surface area contributed by atoms with Gasteiger partial charge in [0.25, 0.3) is 0 Å². The quantitative estimate of drug-likeness (QED) is 0.692. The van der Waals surface area contributed by atoms with Gasteiger partial charge in [0, 0.05) is 27.8 Å². The summed E-state index contributed by atoms with van der Waals surface area (Å²) in [7, 11) is 0. The predicted octanol–water partition coefficient (Wildman–Crippen LogP) is 3.44. The van der Waals surface area contributed by atoms with Crippen molar-refractivity contribution in [1.29, 1.82) is 0 Å². The largest absolute Gasteiger partial charge is 0.356 e. The fourth-order valence-corrected chi connectivity index (χ4v) is 2.74. The SMILES string of the molecule is SCc1noc2c1Cc1c(Br)cccc1-2. The van der Waals surface area contributed by atoms with Crippen LogP contribution in [0.2, 0.25) is 0 Å². The molecule has 2 nitrogen and oxygen atoms in total. The molecule has 0 saturated heterocycles. The molecule has 0 bridgehead atoms. The molecular formula is C11H8BrNOS. The minimum absolute atomic E-state index is 0.629. The van der Waals surface area contributed by atoms with Gasteiger partial charge in [0.2, 0.25) is 0 Å². The summed E-state index contributed by atoms with van der Waals surface area (Å²) in [6.45, 7) is 0. The third kappa shape index (κ3) is 1.28. The fourth-order valence-electron chi connectivity index (χ4n) is 1.99. The maximum atomic E-state index is 5.36. The highest BCUT2D eigenvalue weighted by molar-refractivity contribution is 9.10. The summed E-state index contributed by atoms with van der Waals surface area (Å²) in [5, 5.41) is 4.02. The lowest BCUT2D eigenvalue weighted by Gasteiger charge is -2.00. The first kappa shape index (κ1) is 9.48. The van der Waals surface area contributed by atoms with Crippen molar-refractivity contribution < 1.29 is 4.52 Å². The molecular weight excluding hydrogens is 274 g/mol. The topological polar surface area (TPSA) is 26.0 Å². The number of benzene rings is 1. The van der Waals surface area contributed by atoms with Crippen LogP contribution in [0.25, 0.3) is 11.3 Å². The molecule has 2 aromatic rings. The van der Waals surface area contributed by atoms with Crippen molar-refractivity contribution >= 4 is 28.6 Å². The van der Waals surface area contributed by atoms with Crippen molar-refractivity contribution in [2.24, 2.45) is 0 Å². The highest BCUT2D eigenvalue weighted by Crippen LogP contribution is 2.41. The molecule has 3 rings (SSSR count). The van der Waals surface area contributed by atoms with Gasteiger partial charge >= 0.3 is 0 Å². The van der Waals surface area contributed by atoms with Gasteiger partial charge in [-0.3, -0.25) is 0 Å². The molecule has 1 aliphatic rings. The van der Waals surface area contributed by atoms with Crippen LogP contribution >= 0.6 is 28.6 Å². The van der Waals surface area contributed by atoms with Crippen LogP contribution in [0.1, 0.15) is 16.8 Å². The van der Waals surface area contributed by atoms with Crippen molar-refractivity contribution in [3.63, 3.8) is 0 Å². The smallest absolute Gasteiger partial charge is 0.171 e. The highest BCUT2D eigenvalue weighted by Gasteiger charge is 2.27. The predicted molar refractivity (Wildman–Crippen MR) is 65.1 cm³/mol. The summed E-state index contributed by atoms with van der Waals surface area (Å²) < 4.78 is 6.50. The van der Waals surface area contributed by atoms with Gasteiger partial charge in [-0.15, -0.1) is 0 Å². The zero-order valence-electron chi connectivity index (χ0n) is 7.83. The van der Waals surface area contributed by atoms with Crippen LogP contribution in [0, 0.1) is 0 Å². The summed E-state index contributed by atoms with van der Waals surface area (Å²) in [5.74, 6) is 1.54. The zero-order valence-corrected chi connectivity index (χ0v) is 10.3. The van der Waals surface area contributed by atoms with Crippen LogP contribution in [-0.2, 0) is 12.2 Å². The molecule has 1 aliphatic carbocycles. The highest BCUT2D eigenvalue weighted by atomic mass is 79.9. The molecule has 0 unspecified atom stereocenters. The molecule has 76 valence electrons. The van der Waals surface area contributed by atoms with Gasteiger partial charge < -0.3 is 4.52 Å². The number of aromatic nitrogens is 1. The Balaban J connectivity index is 2.24. The van der Waals surface area contributed by atoms with Crippen molar-refractivity contribution in [1.82, 2.24) is 5.16 Å². The molecule has 0 fully saturated rings. The fraction of sp³-hybridized carbons (Fsp3) is 0.182. The van der Waals surface area contributed by atoms with Crippen LogP contribution in [0.3, 0.4) is 0 Å². The van der Waals surface area contributed by atoms with Gasteiger partial charge in [-0.25, -0.2) is 0 Å². The van der Waals surface area contributed by atoms with E-state index in [1.165, 1.54) is 11.1 Å². The molecule has 0 saturated carbocycles. The van der Waals surface area contributed by atoms with Gasteiger partial charge in [0.1, 0.15) is 0 Å². The van der Waals surface area contributed by atoms with Crippen LogP contribution in [0.5, 0.6) is 0 Å². The van der Waals surface area contributed by atoms with E-state index >= 15 is 0 Å². The Morgan fingerprint density at radius 1 is 1.40 bits per heavy atom. The molecule has 0 spiro atoms. The molecule has 1 aromatic carbocycles. The molecule has 0 aliphatic heterocycles. The second-order valence-corrected chi connectivity index (χ2v) is 4.71. The lowest BCUT2D eigenvalue weighted by Crippen LogP contribution is -1.87. The second kappa shape index (κ2) is 3.39. The first-order chi connectivity index (χ1) is 7.31. The lowest BCUT2D eigenvalue weighted by atomic mass is 10.1. The van der Waals surface area contributed by atoms with Gasteiger partial charge in [-0.2, -0.15) is 12.6 Å². The standard InChI is InChI=1S/C11H8BrNOS/c12-9-3-1-2-6-7(9)4-8-10(5-15)13-14-11(6)8/h1-3,15H,4-5H2. The Morgan fingerprint density at radius 2 is 2.27 bits per heavy atom. The lowest BCUT2D eigenvalue weighted by molar-refractivity contribution is 0.426. The molecule has 0 atom stereocenters. The maximum Gasteiger partial charge on any atom is 0.171 e. The second-order valence-electron chi connectivity index (χ2n) is 3.54. The van der Waals surface area contributed by atoms with E-state index in [0.717, 1.165) is 27.9 Å². The van der Waals surface area contributed by atoms with E-state index in [9.17, 15) is 0 Å². The van der Waals surface area contributed by atoms with E-state index in [-0.39, 0.29) is 0 Å². The van der Waals surface area contributed by atoms with Gasteiger partial charge in [-0.05, 0) is 11.6 Å². The number of thiol groups is 1. The van der Waals surface area contributed by atoms with Gasteiger partial charge in [0.15, 0.2) is 5.76 Å². The average Bonchev–Trinajstić information content (AvgIpc) is 2.77. The van der Waals surface area contributed by atoms with E-state index < -0.39 is 0 Å². The first-order valence-corrected chi connectivity index (χ1v) is 6.10. The minimum atomic E-state index is 0.629. The Morgan fingerprint density at radius 3 is 3.07 bits per heavy atom. The summed E-state index contributed by atoms with van der Waals surface area (Å²) in [4.78, 5) is 0. The normalized spacial score (nSPS) is 12.7. The molecule has 0 N–H and O–H groups in total. The molecule has 1 aromatic heterocycles. The van der Waals surface area contributed by atoms with E-state index in [4.69, 9.17) is 4.52 Å². The van der Waals surface area contributed by atoms with Gasteiger partial charge in [0.05, 0.1) is 5.69 Å². The zero-order chi connectivity index (χ0) is 10.4. The van der Waals surface area contributed by atoms with E-state index in [2.05, 4.69) is 45.8 Å². The van der Waals surface area contributed by atoms with Crippen LogP contribution in [-0.4, -0.2) is 5.16 Å². The summed E-state index contributed by atoms with van der Waals surface area (Å²) in [6.07, 6.45) is 0.894. The Labute approximate surface area is 101 Å². The van der Waals surface area contributed by atoms with Crippen LogP contribution in [0.15, 0.2) is 27.2 Å². The van der Waals surface area contributed by atoms with Crippen molar-refractivity contribution in [3.8, 4) is 11.3 Å². The van der Waals surface area contributed by atoms with E-state index in [1.54, 1.807) is 0 Å². The van der Waals surface area contributed by atoms with E-state index in [1.807, 2.05) is 6.07 Å². The van der Waals surface area contributed by atoms with Crippen molar-refractivity contribution in [2.75, 3.05) is 0 Å². The summed E-state index contributed by atoms with van der Waals surface area (Å²) >= 11 is 7.80. The third-order valence-electron chi connectivity index (χ3n) is 2.74. The molecule has 1 heterocycles. The summed E-state index contributed by atoms with van der Waals surface area (Å²) in [5.41, 5.74) is 4.58. The van der Waals surface area contributed by atoms with Crippen molar-refractivity contribution in [3.05, 3.63) is 39.5 Å². The number of halogens is 1. The molecule has 0 amide bonds. The number of fused-ring (bicyclic) bond motifs is 3. The van der Waals surface area contributed by atoms with Crippen LogP contribution in [0.4, 0.5) is 0 Å². The minimum Gasteiger partial charge on any atom is -0.356 e. The Kier molecular flexibility index (Phi) is 2.14. The van der Waals surface area contributed by atoms with Crippen molar-refractivity contribution in [2.45, 2.75) is 12.2 Å². The monoisotopic (exact) mass is 281 g/mol.